The summed E-state index contributed by atoms with van der Waals surface area (Å²) < 4.78 is 5.55. The van der Waals surface area contributed by atoms with Crippen LogP contribution in [0.3, 0.4) is 0 Å². The molecule has 2 amide bonds. The minimum atomic E-state index is -0.939. The molecule has 0 radical (unpaired) electrons. The van der Waals surface area contributed by atoms with Crippen molar-refractivity contribution in [1.82, 2.24) is 10.2 Å². The maximum Gasteiger partial charge on any atom is 0.407 e. The number of carboxylic acid groups (broad SMARTS) is 1. The van der Waals surface area contributed by atoms with E-state index < -0.39 is 12.1 Å². The van der Waals surface area contributed by atoms with Crippen molar-refractivity contribution in [3.05, 3.63) is 71.3 Å². The highest BCUT2D eigenvalue weighted by Crippen LogP contribution is 2.44. The smallest absolute Gasteiger partial charge is 0.407 e. The number of aliphatic carboxylic acids is 1. The van der Waals surface area contributed by atoms with Crippen LogP contribution in [0.5, 0.6) is 0 Å². The molecule has 1 aliphatic heterocycles. The fourth-order valence-electron chi connectivity index (χ4n) is 4.58. The summed E-state index contributed by atoms with van der Waals surface area (Å²) >= 11 is 0. The summed E-state index contributed by atoms with van der Waals surface area (Å²) in [6.07, 6.45) is 1.93. The van der Waals surface area contributed by atoms with Crippen molar-refractivity contribution in [3.63, 3.8) is 0 Å². The zero-order valence-electron chi connectivity index (χ0n) is 18.6. The van der Waals surface area contributed by atoms with Crippen LogP contribution in [0.25, 0.3) is 11.1 Å². The van der Waals surface area contributed by atoms with Crippen LogP contribution >= 0.6 is 0 Å². The SMILES string of the molecule is CCC(CNC(=O)OCC1c2ccccc2-c2ccccc21)C(=O)N1CC=C(C(=O)O)CC1. The van der Waals surface area contributed by atoms with Gasteiger partial charge in [-0.1, -0.05) is 61.5 Å². The van der Waals surface area contributed by atoms with Crippen molar-refractivity contribution in [1.29, 1.82) is 0 Å². The Hall–Kier alpha value is -3.61. The lowest BCUT2D eigenvalue weighted by Gasteiger charge is -2.29. The van der Waals surface area contributed by atoms with Gasteiger partial charge in [-0.3, -0.25) is 4.79 Å². The Bertz CT molecular complexity index is 1050. The van der Waals surface area contributed by atoms with Crippen LogP contribution in [0, 0.1) is 5.92 Å². The van der Waals surface area contributed by atoms with Crippen molar-refractivity contribution in [2.75, 3.05) is 26.2 Å². The first kappa shape index (κ1) is 22.6. The number of ether oxygens (including phenoxy) is 1. The average Bonchev–Trinajstić information content (AvgIpc) is 3.16. The van der Waals surface area contributed by atoms with Crippen LogP contribution < -0.4 is 5.32 Å². The van der Waals surface area contributed by atoms with Crippen molar-refractivity contribution in [3.8, 4) is 11.1 Å². The molecule has 1 heterocycles. The van der Waals surface area contributed by atoms with Gasteiger partial charge in [-0.05, 0) is 35.1 Å². The largest absolute Gasteiger partial charge is 0.478 e. The lowest BCUT2D eigenvalue weighted by Crippen LogP contribution is -2.43. The van der Waals surface area contributed by atoms with Crippen molar-refractivity contribution in [2.24, 2.45) is 5.92 Å². The standard InChI is InChI=1S/C26H28N2O5/c1-2-17(24(29)28-13-11-18(12-14-28)25(30)31)15-27-26(32)33-16-23-21-9-5-3-7-19(21)20-8-4-6-10-22(20)23/h3-11,17,23H,2,12-16H2,1H3,(H,27,32)(H,30,31). The number of carbonyl (C=O) groups is 3. The molecule has 0 fully saturated rings. The number of hydrogen-bond donors (Lipinski definition) is 2. The molecular formula is C26H28N2O5. The summed E-state index contributed by atoms with van der Waals surface area (Å²) in [5.41, 5.74) is 4.96. The Morgan fingerprint density at radius 3 is 2.27 bits per heavy atom. The second kappa shape index (κ2) is 9.90. The fraction of sp³-hybridized carbons (Fsp3) is 0.346. The molecule has 2 N–H and O–H groups in total. The minimum Gasteiger partial charge on any atom is -0.478 e. The number of fused-ring (bicyclic) bond motifs is 3. The average molecular weight is 449 g/mol. The molecule has 2 aromatic rings. The summed E-state index contributed by atoms with van der Waals surface area (Å²) in [4.78, 5) is 37.9. The predicted molar refractivity (Wildman–Crippen MR) is 124 cm³/mol. The van der Waals surface area contributed by atoms with E-state index in [4.69, 9.17) is 9.84 Å². The zero-order valence-corrected chi connectivity index (χ0v) is 18.6. The molecule has 1 unspecified atom stereocenters. The van der Waals surface area contributed by atoms with Gasteiger partial charge in [-0.15, -0.1) is 0 Å². The van der Waals surface area contributed by atoms with Gasteiger partial charge < -0.3 is 20.1 Å². The van der Waals surface area contributed by atoms with Crippen LogP contribution in [-0.4, -0.2) is 54.2 Å². The van der Waals surface area contributed by atoms with E-state index in [0.29, 0.717) is 25.0 Å². The highest BCUT2D eigenvalue weighted by molar-refractivity contribution is 5.87. The number of rotatable bonds is 7. The minimum absolute atomic E-state index is 0.0182. The Balaban J connectivity index is 1.31. The molecular weight excluding hydrogens is 420 g/mol. The summed E-state index contributed by atoms with van der Waals surface area (Å²) in [6, 6.07) is 16.3. The maximum absolute atomic E-state index is 12.8. The van der Waals surface area contributed by atoms with Crippen LogP contribution in [0.1, 0.15) is 36.8 Å². The first-order valence-corrected chi connectivity index (χ1v) is 11.3. The number of hydrogen-bond acceptors (Lipinski definition) is 4. The molecule has 0 bridgehead atoms. The van der Waals surface area contributed by atoms with E-state index in [9.17, 15) is 14.4 Å². The second-order valence-electron chi connectivity index (χ2n) is 8.38. The molecule has 1 aliphatic carbocycles. The number of nitrogens with zero attached hydrogens (tertiary/aromatic N) is 1. The molecule has 0 saturated heterocycles. The Morgan fingerprint density at radius 1 is 1.09 bits per heavy atom. The van der Waals surface area contributed by atoms with Crippen LogP contribution in [0.15, 0.2) is 60.2 Å². The predicted octanol–water partition coefficient (Wildman–Crippen LogP) is 3.79. The Labute approximate surface area is 193 Å². The molecule has 1 atom stereocenters. The van der Waals surface area contributed by atoms with E-state index >= 15 is 0 Å². The third kappa shape index (κ3) is 4.77. The molecule has 0 spiro atoms. The summed E-state index contributed by atoms with van der Waals surface area (Å²) in [5.74, 6) is -1.43. The molecule has 2 aromatic carbocycles. The lowest BCUT2D eigenvalue weighted by molar-refractivity contribution is -0.137. The molecule has 7 nitrogen and oxygen atoms in total. The third-order valence-electron chi connectivity index (χ3n) is 6.47. The molecule has 2 aliphatic rings. The summed E-state index contributed by atoms with van der Waals surface area (Å²) in [6.45, 7) is 2.95. The molecule has 0 saturated carbocycles. The highest BCUT2D eigenvalue weighted by Gasteiger charge is 2.30. The van der Waals surface area contributed by atoms with Crippen molar-refractivity contribution >= 4 is 18.0 Å². The van der Waals surface area contributed by atoms with E-state index in [1.165, 1.54) is 11.1 Å². The first-order chi connectivity index (χ1) is 16.0. The topological polar surface area (TPSA) is 95.9 Å². The second-order valence-corrected chi connectivity index (χ2v) is 8.38. The van der Waals surface area contributed by atoms with Crippen LogP contribution in [0.4, 0.5) is 4.79 Å². The zero-order chi connectivity index (χ0) is 23.4. The first-order valence-electron chi connectivity index (χ1n) is 11.3. The van der Waals surface area contributed by atoms with Crippen LogP contribution in [0.2, 0.25) is 0 Å². The lowest BCUT2D eigenvalue weighted by atomic mass is 9.98. The van der Waals surface area contributed by atoms with Gasteiger partial charge in [0.15, 0.2) is 0 Å². The molecule has 4 rings (SSSR count). The number of carboxylic acids is 1. The number of benzene rings is 2. The van der Waals surface area contributed by atoms with Gasteiger partial charge in [0.2, 0.25) is 5.91 Å². The van der Waals surface area contributed by atoms with E-state index in [1.807, 2.05) is 31.2 Å². The van der Waals surface area contributed by atoms with Crippen molar-refractivity contribution in [2.45, 2.75) is 25.7 Å². The normalized spacial score (nSPS) is 15.8. The summed E-state index contributed by atoms with van der Waals surface area (Å²) in [7, 11) is 0. The third-order valence-corrected chi connectivity index (χ3v) is 6.47. The molecule has 172 valence electrons. The van der Waals surface area contributed by atoms with Gasteiger partial charge in [0.1, 0.15) is 6.61 Å². The quantitative estimate of drug-likeness (QED) is 0.672. The van der Waals surface area contributed by atoms with E-state index in [1.54, 1.807) is 11.0 Å². The van der Waals surface area contributed by atoms with E-state index in [2.05, 4.69) is 29.6 Å². The van der Waals surface area contributed by atoms with Gasteiger partial charge in [-0.2, -0.15) is 0 Å². The number of amides is 2. The van der Waals surface area contributed by atoms with E-state index in [-0.39, 0.29) is 37.4 Å². The van der Waals surface area contributed by atoms with Gasteiger partial charge in [0, 0.05) is 31.1 Å². The van der Waals surface area contributed by atoms with E-state index in [0.717, 1.165) is 11.1 Å². The molecule has 0 aromatic heterocycles. The maximum atomic E-state index is 12.8. The fourth-order valence-corrected chi connectivity index (χ4v) is 4.58. The highest BCUT2D eigenvalue weighted by atomic mass is 16.5. The summed E-state index contributed by atoms with van der Waals surface area (Å²) in [5, 5.41) is 11.8. The van der Waals surface area contributed by atoms with Gasteiger partial charge in [0.25, 0.3) is 0 Å². The Morgan fingerprint density at radius 2 is 1.73 bits per heavy atom. The van der Waals surface area contributed by atoms with Crippen LogP contribution in [-0.2, 0) is 14.3 Å². The number of nitrogens with one attached hydrogen (secondary N) is 1. The molecule has 33 heavy (non-hydrogen) atoms. The van der Waals surface area contributed by atoms with Gasteiger partial charge >= 0.3 is 12.1 Å². The molecule has 7 heteroatoms. The Kier molecular flexibility index (Phi) is 6.77. The van der Waals surface area contributed by atoms with Crippen molar-refractivity contribution < 1.29 is 24.2 Å². The number of carbonyl (C=O) groups excluding carboxylic acids is 2. The van der Waals surface area contributed by atoms with Gasteiger partial charge in [-0.25, -0.2) is 9.59 Å². The number of alkyl carbamates (subject to hydrolysis) is 1. The monoisotopic (exact) mass is 448 g/mol. The van der Waals surface area contributed by atoms with Gasteiger partial charge in [0.05, 0.1) is 5.92 Å².